The molecule has 136 valence electrons. The van der Waals surface area contributed by atoms with Crippen molar-refractivity contribution in [2.24, 2.45) is 35.0 Å². The number of ether oxygens (including phenoxy) is 1. The average molecular weight is 328 g/mol. The van der Waals surface area contributed by atoms with Crippen molar-refractivity contribution in [3.05, 3.63) is 0 Å². The molecule has 0 bridgehead atoms. The Morgan fingerprint density at radius 2 is 1.43 bits per heavy atom. The molecule has 23 heavy (non-hydrogen) atoms. The molecule has 0 aromatic rings. The fraction of sp³-hybridized carbons (Fsp3) is 0.895. The quantitative estimate of drug-likeness (QED) is 0.594. The van der Waals surface area contributed by atoms with Crippen LogP contribution >= 0.6 is 0 Å². The van der Waals surface area contributed by atoms with Gasteiger partial charge in [0, 0.05) is 0 Å². The molecule has 0 rings (SSSR count). The van der Waals surface area contributed by atoms with Crippen LogP contribution in [0.4, 0.5) is 0 Å². The van der Waals surface area contributed by atoms with Crippen molar-refractivity contribution in [2.75, 3.05) is 6.61 Å². The second kappa shape index (κ2) is 9.29. The van der Waals surface area contributed by atoms with E-state index in [4.69, 9.17) is 4.74 Å². The third kappa shape index (κ3) is 6.15. The van der Waals surface area contributed by atoms with Gasteiger partial charge < -0.3 is 9.84 Å². The number of carbonyl (C=O) groups excluding carboxylic acids is 1. The molecule has 0 saturated heterocycles. The Kier molecular flexibility index (Phi) is 8.86. The second-order valence-corrected chi connectivity index (χ2v) is 8.31. The van der Waals surface area contributed by atoms with Crippen LogP contribution in [0.2, 0.25) is 0 Å². The van der Waals surface area contributed by atoms with Crippen molar-refractivity contribution in [1.82, 2.24) is 0 Å². The van der Waals surface area contributed by atoms with Gasteiger partial charge in [-0.25, -0.2) is 0 Å². The maximum absolute atomic E-state index is 13.0. The van der Waals surface area contributed by atoms with Crippen molar-refractivity contribution in [1.29, 1.82) is 0 Å². The third-order valence-electron chi connectivity index (χ3n) is 4.33. The first-order valence-corrected chi connectivity index (χ1v) is 8.85. The molecule has 0 aromatic heterocycles. The molecule has 0 amide bonds. The molecule has 2 unspecified atom stereocenters. The van der Waals surface area contributed by atoms with Gasteiger partial charge in [0.1, 0.15) is 0 Å². The third-order valence-corrected chi connectivity index (χ3v) is 4.33. The summed E-state index contributed by atoms with van der Waals surface area (Å²) < 4.78 is 5.54. The van der Waals surface area contributed by atoms with Crippen molar-refractivity contribution < 1.29 is 19.4 Å². The Morgan fingerprint density at radius 3 is 1.74 bits per heavy atom. The Labute approximate surface area is 142 Å². The summed E-state index contributed by atoms with van der Waals surface area (Å²) in [6, 6.07) is 0. The summed E-state index contributed by atoms with van der Waals surface area (Å²) in [5.74, 6) is -1.39. The van der Waals surface area contributed by atoms with Crippen molar-refractivity contribution in [2.45, 2.75) is 68.2 Å². The van der Waals surface area contributed by atoms with Gasteiger partial charge in [-0.3, -0.25) is 9.59 Å². The first-order chi connectivity index (χ1) is 10.4. The van der Waals surface area contributed by atoms with Gasteiger partial charge in [0.25, 0.3) is 0 Å². The van der Waals surface area contributed by atoms with E-state index in [1.165, 1.54) is 0 Å². The Bertz CT molecular complexity index is 385. The van der Waals surface area contributed by atoms with Crippen molar-refractivity contribution >= 4 is 11.9 Å². The summed E-state index contributed by atoms with van der Waals surface area (Å²) in [6.45, 7) is 16.2. The minimum absolute atomic E-state index is 0.0931. The number of rotatable bonds is 10. The van der Waals surface area contributed by atoms with Gasteiger partial charge in [-0.15, -0.1) is 0 Å². The van der Waals surface area contributed by atoms with Crippen LogP contribution < -0.4 is 0 Å². The normalized spacial score (nSPS) is 16.0. The Balaban J connectivity index is 5.88. The predicted molar refractivity (Wildman–Crippen MR) is 93.1 cm³/mol. The highest BCUT2D eigenvalue weighted by molar-refractivity contribution is 5.85. The molecule has 0 spiro atoms. The van der Waals surface area contributed by atoms with Crippen molar-refractivity contribution in [3.8, 4) is 0 Å². The molecule has 1 N–H and O–H groups in total. The molecule has 0 aliphatic carbocycles. The lowest BCUT2D eigenvalue weighted by atomic mass is 9.61. The van der Waals surface area contributed by atoms with E-state index in [-0.39, 0.29) is 29.6 Å². The monoisotopic (exact) mass is 328 g/mol. The summed E-state index contributed by atoms with van der Waals surface area (Å²) in [5.41, 5.74) is -0.973. The maximum atomic E-state index is 13.0. The lowest BCUT2D eigenvalue weighted by Gasteiger charge is -2.42. The first-order valence-electron chi connectivity index (χ1n) is 8.85. The van der Waals surface area contributed by atoms with Crippen molar-refractivity contribution in [3.63, 3.8) is 0 Å². The second-order valence-electron chi connectivity index (χ2n) is 8.31. The summed E-state index contributed by atoms with van der Waals surface area (Å²) in [6.07, 6.45) is 1.02. The number of hydrogen-bond donors (Lipinski definition) is 1. The molecular weight excluding hydrogens is 292 g/mol. The van der Waals surface area contributed by atoms with E-state index in [9.17, 15) is 14.7 Å². The van der Waals surface area contributed by atoms with Gasteiger partial charge in [0.2, 0.25) is 0 Å². The number of carboxylic acids is 1. The van der Waals surface area contributed by atoms with Crippen LogP contribution in [0.3, 0.4) is 0 Å². The average Bonchev–Trinajstić information content (AvgIpc) is 2.38. The SMILES string of the molecule is CC(C)COC(=O)C(CC(C)C)(C(C)C)C(CC(C)C)C(=O)O. The number of hydrogen-bond acceptors (Lipinski definition) is 3. The largest absolute Gasteiger partial charge is 0.481 e. The minimum Gasteiger partial charge on any atom is -0.481 e. The first kappa shape index (κ1) is 21.9. The van der Waals surface area contributed by atoms with Crippen LogP contribution in [0.15, 0.2) is 0 Å². The van der Waals surface area contributed by atoms with Crippen LogP contribution in [0.5, 0.6) is 0 Å². The van der Waals surface area contributed by atoms with E-state index in [0.29, 0.717) is 19.4 Å². The summed E-state index contributed by atoms with van der Waals surface area (Å²) in [5, 5.41) is 9.84. The zero-order valence-corrected chi connectivity index (χ0v) is 16.2. The van der Waals surface area contributed by atoms with Crippen LogP contribution in [-0.4, -0.2) is 23.7 Å². The zero-order chi connectivity index (χ0) is 18.4. The van der Waals surface area contributed by atoms with Gasteiger partial charge in [-0.2, -0.15) is 0 Å². The summed E-state index contributed by atoms with van der Waals surface area (Å²) in [4.78, 5) is 25.0. The van der Waals surface area contributed by atoms with E-state index >= 15 is 0 Å². The highest BCUT2D eigenvalue weighted by Gasteiger charge is 2.52. The number of carboxylic acid groups (broad SMARTS) is 1. The zero-order valence-electron chi connectivity index (χ0n) is 16.2. The van der Waals surface area contributed by atoms with Gasteiger partial charge in [-0.1, -0.05) is 55.4 Å². The molecule has 0 aliphatic heterocycles. The molecule has 0 fully saturated rings. The highest BCUT2D eigenvalue weighted by Crippen LogP contribution is 2.46. The molecule has 0 aliphatic rings. The van der Waals surface area contributed by atoms with E-state index in [0.717, 1.165) is 0 Å². The molecular formula is C19H36O4. The van der Waals surface area contributed by atoms with Gasteiger partial charge in [-0.05, 0) is 36.5 Å². The fourth-order valence-corrected chi connectivity index (χ4v) is 3.30. The van der Waals surface area contributed by atoms with E-state index in [1.54, 1.807) is 0 Å². The van der Waals surface area contributed by atoms with Gasteiger partial charge in [0.05, 0.1) is 17.9 Å². The van der Waals surface area contributed by atoms with Gasteiger partial charge >= 0.3 is 11.9 Å². The number of aliphatic carboxylic acids is 1. The number of esters is 1. The van der Waals surface area contributed by atoms with Crippen LogP contribution in [0.25, 0.3) is 0 Å². The van der Waals surface area contributed by atoms with Crippen LogP contribution in [-0.2, 0) is 14.3 Å². The molecule has 0 radical (unpaired) electrons. The molecule has 0 aromatic carbocycles. The molecule has 2 atom stereocenters. The molecule has 0 saturated carbocycles. The summed E-state index contributed by atoms with van der Waals surface area (Å²) >= 11 is 0. The van der Waals surface area contributed by atoms with E-state index in [2.05, 4.69) is 0 Å². The summed E-state index contributed by atoms with van der Waals surface area (Å²) in [7, 11) is 0. The lowest BCUT2D eigenvalue weighted by Crippen LogP contribution is -2.49. The standard InChI is InChI=1S/C19H36O4/c1-12(2)9-16(17(20)21)19(15(7)8,10-13(3)4)18(22)23-11-14(5)6/h12-16H,9-11H2,1-8H3,(H,20,21). The number of carbonyl (C=O) groups is 2. The van der Waals surface area contributed by atoms with Crippen LogP contribution in [0.1, 0.15) is 68.2 Å². The smallest absolute Gasteiger partial charge is 0.313 e. The Hall–Kier alpha value is -1.06. The van der Waals surface area contributed by atoms with E-state index < -0.39 is 17.3 Å². The topological polar surface area (TPSA) is 63.6 Å². The van der Waals surface area contributed by atoms with E-state index in [1.807, 2.05) is 55.4 Å². The highest BCUT2D eigenvalue weighted by atomic mass is 16.5. The van der Waals surface area contributed by atoms with Gasteiger partial charge in [0.15, 0.2) is 0 Å². The molecule has 4 heteroatoms. The maximum Gasteiger partial charge on any atom is 0.313 e. The molecule has 4 nitrogen and oxygen atoms in total. The Morgan fingerprint density at radius 1 is 0.913 bits per heavy atom. The van der Waals surface area contributed by atoms with Crippen LogP contribution in [0, 0.1) is 35.0 Å². The fourth-order valence-electron chi connectivity index (χ4n) is 3.30. The molecule has 0 heterocycles. The minimum atomic E-state index is -0.973. The predicted octanol–water partition coefficient (Wildman–Crippen LogP) is 4.62. The lowest BCUT2D eigenvalue weighted by molar-refractivity contribution is -0.175.